The second-order valence-electron chi connectivity index (χ2n) is 6.45. The summed E-state index contributed by atoms with van der Waals surface area (Å²) in [4.78, 5) is 6.85. The van der Waals surface area contributed by atoms with Crippen LogP contribution in [-0.4, -0.2) is 30.5 Å². The molecule has 0 saturated heterocycles. The molecule has 3 heteroatoms. The van der Waals surface area contributed by atoms with E-state index in [1.54, 1.807) is 0 Å². The summed E-state index contributed by atoms with van der Waals surface area (Å²) >= 11 is 0. The summed E-state index contributed by atoms with van der Waals surface area (Å²) in [5, 5.41) is 2.66. The minimum Gasteiger partial charge on any atom is -0.342 e. The summed E-state index contributed by atoms with van der Waals surface area (Å²) in [7, 11) is 0. The summed E-state index contributed by atoms with van der Waals surface area (Å²) in [6.07, 6.45) is 2.02. The van der Waals surface area contributed by atoms with Gasteiger partial charge in [0.05, 0.1) is 13.2 Å². The fourth-order valence-electron chi connectivity index (χ4n) is 3.65. The number of benzene rings is 3. The Labute approximate surface area is 148 Å². The van der Waals surface area contributed by atoms with Gasteiger partial charge in [-0.25, -0.2) is 0 Å². The van der Waals surface area contributed by atoms with Crippen LogP contribution in [0.5, 0.6) is 0 Å². The van der Waals surface area contributed by atoms with E-state index in [-0.39, 0.29) is 0 Å². The van der Waals surface area contributed by atoms with E-state index in [4.69, 9.17) is 5.73 Å². The summed E-state index contributed by atoms with van der Waals surface area (Å²) in [5.41, 5.74) is 9.85. The molecule has 0 fully saturated rings. The van der Waals surface area contributed by atoms with Crippen LogP contribution < -0.4 is 5.73 Å². The number of hydrogen-bond acceptors (Lipinski definition) is 3. The Kier molecular flexibility index (Phi) is 4.49. The van der Waals surface area contributed by atoms with Crippen LogP contribution in [0.1, 0.15) is 16.7 Å². The van der Waals surface area contributed by atoms with Gasteiger partial charge in [-0.2, -0.15) is 0 Å². The number of amidine groups is 1. The van der Waals surface area contributed by atoms with Gasteiger partial charge in [-0.3, -0.25) is 4.99 Å². The third-order valence-corrected chi connectivity index (χ3v) is 4.95. The van der Waals surface area contributed by atoms with E-state index in [0.717, 1.165) is 31.8 Å². The molecule has 0 radical (unpaired) electrons. The van der Waals surface area contributed by atoms with Crippen LogP contribution in [0.4, 0.5) is 0 Å². The van der Waals surface area contributed by atoms with Crippen molar-refractivity contribution in [2.75, 3.05) is 19.8 Å². The van der Waals surface area contributed by atoms with Gasteiger partial charge in [0, 0.05) is 12.1 Å². The van der Waals surface area contributed by atoms with Crippen LogP contribution in [0.15, 0.2) is 71.7 Å². The molecule has 0 saturated carbocycles. The molecule has 3 aromatic rings. The van der Waals surface area contributed by atoms with Crippen molar-refractivity contribution in [1.29, 1.82) is 0 Å². The van der Waals surface area contributed by atoms with Gasteiger partial charge in [0.1, 0.15) is 5.84 Å². The second-order valence-corrected chi connectivity index (χ2v) is 6.45. The van der Waals surface area contributed by atoms with Gasteiger partial charge in [-0.1, -0.05) is 66.7 Å². The highest BCUT2D eigenvalue weighted by Gasteiger charge is 2.19. The highest BCUT2D eigenvalue weighted by Crippen LogP contribution is 2.22. The number of aliphatic imine (C=N–C) groups is 1. The summed E-state index contributed by atoms with van der Waals surface area (Å²) in [6, 6.07) is 23.8. The first-order valence-corrected chi connectivity index (χ1v) is 8.91. The number of nitrogens with zero attached hydrogens (tertiary/aromatic N) is 2. The summed E-state index contributed by atoms with van der Waals surface area (Å²) < 4.78 is 0. The number of nitrogens with two attached hydrogens (primary N) is 1. The Bertz CT molecular complexity index is 909. The molecule has 0 spiro atoms. The van der Waals surface area contributed by atoms with Crippen LogP contribution in [0.2, 0.25) is 0 Å². The molecule has 0 unspecified atom stereocenters. The normalized spacial score (nSPS) is 14.1. The lowest BCUT2D eigenvalue weighted by Gasteiger charge is -2.20. The highest BCUT2D eigenvalue weighted by atomic mass is 15.3. The Morgan fingerprint density at radius 1 is 0.840 bits per heavy atom. The Hall–Kier alpha value is -2.65. The Morgan fingerprint density at radius 2 is 1.56 bits per heavy atom. The van der Waals surface area contributed by atoms with Gasteiger partial charge in [0.2, 0.25) is 0 Å². The minimum atomic E-state index is 0.524. The molecule has 4 rings (SSSR count). The third kappa shape index (κ3) is 3.15. The van der Waals surface area contributed by atoms with Crippen LogP contribution in [0.25, 0.3) is 10.8 Å². The van der Waals surface area contributed by atoms with Crippen molar-refractivity contribution in [3.63, 3.8) is 0 Å². The zero-order chi connectivity index (χ0) is 17.1. The predicted octanol–water partition coefficient (Wildman–Crippen LogP) is 3.60. The number of fused-ring (bicyclic) bond motifs is 1. The standard InChI is InChI=1S/C22H23N3/c23-16-25-15-14-24-22(25)21-11-4-2-7-19(21)13-12-18-9-5-8-17-6-1-3-10-20(17)18/h1-11H,12-16,23H2. The van der Waals surface area contributed by atoms with Crippen molar-refractivity contribution in [2.45, 2.75) is 12.8 Å². The molecule has 1 aliphatic heterocycles. The quantitative estimate of drug-likeness (QED) is 0.777. The van der Waals surface area contributed by atoms with E-state index in [2.05, 4.69) is 76.6 Å². The van der Waals surface area contributed by atoms with Crippen molar-refractivity contribution >= 4 is 16.6 Å². The van der Waals surface area contributed by atoms with Gasteiger partial charge in [-0.15, -0.1) is 0 Å². The van der Waals surface area contributed by atoms with E-state index in [9.17, 15) is 0 Å². The summed E-state index contributed by atoms with van der Waals surface area (Å²) in [6.45, 7) is 2.28. The lowest BCUT2D eigenvalue weighted by Crippen LogP contribution is -2.34. The zero-order valence-corrected chi connectivity index (χ0v) is 14.4. The van der Waals surface area contributed by atoms with Crippen LogP contribution in [0, 0.1) is 0 Å². The lowest BCUT2D eigenvalue weighted by molar-refractivity contribution is 0.472. The molecule has 0 amide bonds. The molecule has 2 N–H and O–H groups in total. The maximum absolute atomic E-state index is 5.88. The first-order chi connectivity index (χ1) is 12.4. The molecular weight excluding hydrogens is 306 g/mol. The highest BCUT2D eigenvalue weighted by molar-refractivity contribution is 6.01. The number of aryl methyl sites for hydroxylation is 2. The number of rotatable bonds is 5. The minimum absolute atomic E-state index is 0.524. The third-order valence-electron chi connectivity index (χ3n) is 4.95. The fraction of sp³-hybridized carbons (Fsp3) is 0.227. The van der Waals surface area contributed by atoms with Gasteiger partial charge in [-0.05, 0) is 34.7 Å². The fourth-order valence-corrected chi connectivity index (χ4v) is 3.65. The van der Waals surface area contributed by atoms with Crippen molar-refractivity contribution in [2.24, 2.45) is 10.7 Å². The molecular formula is C22H23N3. The molecule has 25 heavy (non-hydrogen) atoms. The topological polar surface area (TPSA) is 41.6 Å². The average Bonchev–Trinajstić information content (AvgIpc) is 3.15. The number of hydrogen-bond donors (Lipinski definition) is 1. The largest absolute Gasteiger partial charge is 0.342 e. The van der Waals surface area contributed by atoms with E-state index < -0.39 is 0 Å². The van der Waals surface area contributed by atoms with Gasteiger partial charge in [0.25, 0.3) is 0 Å². The molecule has 3 aromatic carbocycles. The molecule has 0 aliphatic carbocycles. The smallest absolute Gasteiger partial charge is 0.132 e. The monoisotopic (exact) mass is 329 g/mol. The van der Waals surface area contributed by atoms with Crippen molar-refractivity contribution in [3.05, 3.63) is 83.4 Å². The molecule has 0 aromatic heterocycles. The summed E-state index contributed by atoms with van der Waals surface area (Å²) in [5.74, 6) is 1.05. The SMILES string of the molecule is NCN1CCN=C1c1ccccc1CCc1cccc2ccccc12. The van der Waals surface area contributed by atoms with E-state index in [1.165, 1.54) is 27.5 Å². The molecule has 0 bridgehead atoms. The first kappa shape index (κ1) is 15.9. The van der Waals surface area contributed by atoms with Crippen molar-refractivity contribution in [3.8, 4) is 0 Å². The van der Waals surface area contributed by atoms with Gasteiger partial charge < -0.3 is 10.6 Å². The maximum atomic E-state index is 5.88. The van der Waals surface area contributed by atoms with E-state index in [1.807, 2.05) is 0 Å². The van der Waals surface area contributed by atoms with Crippen LogP contribution in [0.3, 0.4) is 0 Å². The molecule has 0 atom stereocenters. The van der Waals surface area contributed by atoms with Gasteiger partial charge in [0.15, 0.2) is 0 Å². The first-order valence-electron chi connectivity index (χ1n) is 8.91. The predicted molar refractivity (Wildman–Crippen MR) is 105 cm³/mol. The van der Waals surface area contributed by atoms with E-state index in [0.29, 0.717) is 6.67 Å². The molecule has 126 valence electrons. The maximum Gasteiger partial charge on any atom is 0.132 e. The van der Waals surface area contributed by atoms with Crippen molar-refractivity contribution < 1.29 is 0 Å². The Balaban J connectivity index is 1.62. The van der Waals surface area contributed by atoms with Crippen LogP contribution >= 0.6 is 0 Å². The molecule has 3 nitrogen and oxygen atoms in total. The zero-order valence-electron chi connectivity index (χ0n) is 14.4. The second kappa shape index (κ2) is 7.08. The van der Waals surface area contributed by atoms with E-state index >= 15 is 0 Å². The van der Waals surface area contributed by atoms with Crippen molar-refractivity contribution in [1.82, 2.24) is 4.90 Å². The Morgan fingerprint density at radius 3 is 2.48 bits per heavy atom. The molecule has 1 heterocycles. The molecule has 1 aliphatic rings. The van der Waals surface area contributed by atoms with Gasteiger partial charge >= 0.3 is 0 Å². The van der Waals surface area contributed by atoms with Crippen LogP contribution in [-0.2, 0) is 12.8 Å². The lowest BCUT2D eigenvalue weighted by atomic mass is 9.96. The average molecular weight is 329 g/mol.